The Morgan fingerprint density at radius 1 is 0.947 bits per heavy atom. The summed E-state index contributed by atoms with van der Waals surface area (Å²) in [6, 6.07) is 24.2. The summed E-state index contributed by atoms with van der Waals surface area (Å²) in [6.45, 7) is 9.37. The molecular formula is C34H41FN2O. The van der Waals surface area contributed by atoms with E-state index in [1.165, 1.54) is 39.0 Å². The molecule has 3 aromatic carbocycles. The number of halogens is 1. The molecule has 0 unspecified atom stereocenters. The molecule has 2 N–H and O–H groups in total. The second-order valence-electron chi connectivity index (χ2n) is 11.9. The van der Waals surface area contributed by atoms with Gasteiger partial charge in [0, 0.05) is 31.4 Å². The average Bonchev–Trinajstić information content (AvgIpc) is 3.26. The Morgan fingerprint density at radius 3 is 2.39 bits per heavy atom. The van der Waals surface area contributed by atoms with Gasteiger partial charge in [-0.15, -0.1) is 0 Å². The highest BCUT2D eigenvalue weighted by Gasteiger charge is 2.23. The fraction of sp³-hybridized carbons (Fsp3) is 0.412. The number of phenols is 1. The van der Waals surface area contributed by atoms with Crippen molar-refractivity contribution in [2.45, 2.75) is 64.3 Å². The van der Waals surface area contributed by atoms with Crippen molar-refractivity contribution in [2.75, 3.05) is 31.6 Å². The summed E-state index contributed by atoms with van der Waals surface area (Å²) in [6.07, 6.45) is 4.71. The smallest absolute Gasteiger partial charge is 0.115 e. The van der Waals surface area contributed by atoms with Crippen molar-refractivity contribution in [3.63, 3.8) is 0 Å². The molecule has 0 amide bonds. The number of hydrogen-bond donors (Lipinski definition) is 2. The summed E-state index contributed by atoms with van der Waals surface area (Å²) >= 11 is 0. The Morgan fingerprint density at radius 2 is 1.68 bits per heavy atom. The molecule has 0 radical (unpaired) electrons. The molecule has 2 aliphatic rings. The topological polar surface area (TPSA) is 35.5 Å². The van der Waals surface area contributed by atoms with Crippen LogP contribution in [0.4, 0.5) is 10.1 Å². The summed E-state index contributed by atoms with van der Waals surface area (Å²) in [5.74, 6) is 0.331. The second-order valence-corrected chi connectivity index (χ2v) is 11.9. The Kier molecular flexibility index (Phi) is 7.90. The molecule has 1 saturated heterocycles. The molecule has 0 aromatic heterocycles. The molecule has 0 bridgehead atoms. The molecule has 4 heteroatoms. The highest BCUT2D eigenvalue weighted by molar-refractivity contribution is 6.00. The first-order valence-electron chi connectivity index (χ1n) is 14.1. The molecule has 3 aromatic rings. The normalized spacial score (nSPS) is 18.4. The van der Waals surface area contributed by atoms with Crippen LogP contribution in [0.1, 0.15) is 74.3 Å². The predicted octanol–water partition coefficient (Wildman–Crippen LogP) is 7.83. The van der Waals surface area contributed by atoms with E-state index in [1.54, 1.807) is 0 Å². The zero-order valence-corrected chi connectivity index (χ0v) is 23.1. The van der Waals surface area contributed by atoms with Crippen LogP contribution in [-0.2, 0) is 11.8 Å². The Hall–Kier alpha value is -3.11. The van der Waals surface area contributed by atoms with Crippen molar-refractivity contribution >= 4 is 16.8 Å². The lowest BCUT2D eigenvalue weighted by atomic mass is 9.84. The fourth-order valence-corrected chi connectivity index (χ4v) is 5.97. The van der Waals surface area contributed by atoms with Gasteiger partial charge >= 0.3 is 0 Å². The number of allylic oxidation sites excluding steroid dienone is 1. The summed E-state index contributed by atoms with van der Waals surface area (Å²) < 4.78 is 12.6. The number of anilines is 1. The van der Waals surface area contributed by atoms with Crippen LogP contribution in [0.5, 0.6) is 5.75 Å². The van der Waals surface area contributed by atoms with E-state index < -0.39 is 0 Å². The largest absolute Gasteiger partial charge is 0.508 e. The zero-order chi connectivity index (χ0) is 26.7. The minimum Gasteiger partial charge on any atom is -0.508 e. The number of aryl methyl sites for hydroxylation is 1. The Bertz CT molecular complexity index is 1270. The first kappa shape index (κ1) is 26.5. The lowest BCUT2D eigenvalue weighted by molar-refractivity contribution is 0.310. The van der Waals surface area contributed by atoms with Crippen LogP contribution < -0.4 is 5.32 Å². The summed E-state index contributed by atoms with van der Waals surface area (Å²) in [7, 11) is 0. The number of phenolic OH excluding ortho intramolecular Hbond substituents is 1. The first-order chi connectivity index (χ1) is 18.3. The second kappa shape index (κ2) is 11.3. The standard InChI is InChI=1S/C34H41FN2O/c1-34(2,3)27-12-8-24(9-13-27)31-7-4-6-26-22-30(38)16-17-32(26)33(31)25-10-14-28(15-11-25)36-29-18-21-37(23-29)20-5-19-35/h8-17,22,29,36,38H,4-7,18-21,23H2,1-3H3/t29-/m0/s1. The monoisotopic (exact) mass is 512 g/mol. The number of nitrogens with one attached hydrogen (secondary N) is 1. The third-order valence-corrected chi connectivity index (χ3v) is 8.06. The summed E-state index contributed by atoms with van der Waals surface area (Å²) in [5, 5.41) is 13.9. The van der Waals surface area contributed by atoms with Crippen LogP contribution in [0, 0.1) is 0 Å². The van der Waals surface area contributed by atoms with E-state index in [2.05, 4.69) is 85.6 Å². The maximum Gasteiger partial charge on any atom is 0.115 e. The van der Waals surface area contributed by atoms with Gasteiger partial charge in [-0.1, -0.05) is 63.2 Å². The SMILES string of the molecule is CC(C)(C)c1ccc(C2=C(c3ccc(N[C@H]4CCN(CCCF)C4)cc3)c3ccc(O)cc3CCC2)cc1. The molecule has 200 valence electrons. The third kappa shape index (κ3) is 5.96. The van der Waals surface area contributed by atoms with Gasteiger partial charge < -0.3 is 15.3 Å². The molecule has 38 heavy (non-hydrogen) atoms. The maximum absolute atomic E-state index is 12.6. The molecular weight excluding hydrogens is 471 g/mol. The van der Waals surface area contributed by atoms with Gasteiger partial charge in [0.1, 0.15) is 5.75 Å². The van der Waals surface area contributed by atoms with Gasteiger partial charge in [-0.25, -0.2) is 0 Å². The maximum atomic E-state index is 12.6. The number of likely N-dealkylation sites (tertiary alicyclic amines) is 1. The Labute approximate surface area is 227 Å². The molecule has 0 spiro atoms. The van der Waals surface area contributed by atoms with Crippen molar-refractivity contribution in [3.8, 4) is 5.75 Å². The highest BCUT2D eigenvalue weighted by Crippen LogP contribution is 2.41. The molecule has 1 aliphatic heterocycles. The number of hydrogen-bond acceptors (Lipinski definition) is 3. The van der Waals surface area contributed by atoms with Crippen LogP contribution >= 0.6 is 0 Å². The third-order valence-electron chi connectivity index (χ3n) is 8.06. The van der Waals surface area contributed by atoms with Crippen molar-refractivity contribution in [1.29, 1.82) is 0 Å². The number of benzene rings is 3. The molecule has 1 aliphatic carbocycles. The van der Waals surface area contributed by atoms with Gasteiger partial charge in [0.15, 0.2) is 0 Å². The van der Waals surface area contributed by atoms with E-state index in [0.29, 0.717) is 18.2 Å². The van der Waals surface area contributed by atoms with E-state index in [0.717, 1.165) is 51.0 Å². The number of aromatic hydroxyl groups is 1. The van der Waals surface area contributed by atoms with Gasteiger partial charge in [-0.3, -0.25) is 4.39 Å². The van der Waals surface area contributed by atoms with Crippen LogP contribution in [0.25, 0.3) is 11.1 Å². The van der Waals surface area contributed by atoms with E-state index in [9.17, 15) is 9.50 Å². The molecule has 1 heterocycles. The van der Waals surface area contributed by atoms with Crippen molar-refractivity contribution in [1.82, 2.24) is 4.90 Å². The average molecular weight is 513 g/mol. The van der Waals surface area contributed by atoms with Crippen LogP contribution in [0.15, 0.2) is 66.7 Å². The summed E-state index contributed by atoms with van der Waals surface area (Å²) in [5.41, 5.74) is 10.1. The van der Waals surface area contributed by atoms with Crippen molar-refractivity contribution in [3.05, 3.63) is 94.5 Å². The minimum absolute atomic E-state index is 0.121. The van der Waals surface area contributed by atoms with Crippen LogP contribution in [0.3, 0.4) is 0 Å². The lowest BCUT2D eigenvalue weighted by Crippen LogP contribution is -2.27. The molecule has 1 atom stereocenters. The van der Waals surface area contributed by atoms with Crippen LogP contribution in [-0.4, -0.2) is 42.4 Å². The molecule has 5 rings (SSSR count). The van der Waals surface area contributed by atoms with E-state index in [-0.39, 0.29) is 12.1 Å². The molecule has 1 fully saturated rings. The number of fused-ring (bicyclic) bond motifs is 1. The van der Waals surface area contributed by atoms with E-state index >= 15 is 0 Å². The van der Waals surface area contributed by atoms with Crippen molar-refractivity contribution in [2.24, 2.45) is 0 Å². The lowest BCUT2D eigenvalue weighted by Gasteiger charge is -2.21. The van der Waals surface area contributed by atoms with Gasteiger partial charge in [0.2, 0.25) is 0 Å². The summed E-state index contributed by atoms with van der Waals surface area (Å²) in [4.78, 5) is 2.35. The van der Waals surface area contributed by atoms with E-state index in [4.69, 9.17) is 0 Å². The zero-order valence-electron chi connectivity index (χ0n) is 23.1. The molecule has 0 saturated carbocycles. The van der Waals surface area contributed by atoms with E-state index in [1.807, 2.05) is 12.1 Å². The number of nitrogens with zero attached hydrogens (tertiary/aromatic N) is 1. The predicted molar refractivity (Wildman–Crippen MR) is 158 cm³/mol. The number of alkyl halides is 1. The Balaban J connectivity index is 1.47. The highest BCUT2D eigenvalue weighted by atomic mass is 19.1. The molecule has 3 nitrogen and oxygen atoms in total. The first-order valence-corrected chi connectivity index (χ1v) is 14.1. The van der Waals surface area contributed by atoms with Gasteiger partial charge in [0.25, 0.3) is 0 Å². The van der Waals surface area contributed by atoms with Gasteiger partial charge in [0.05, 0.1) is 6.67 Å². The number of rotatable bonds is 7. The van der Waals surface area contributed by atoms with Crippen LogP contribution in [0.2, 0.25) is 0 Å². The van der Waals surface area contributed by atoms with Crippen molar-refractivity contribution < 1.29 is 9.50 Å². The van der Waals surface area contributed by atoms with Gasteiger partial charge in [-0.2, -0.15) is 0 Å². The van der Waals surface area contributed by atoms with Gasteiger partial charge in [-0.05, 0) is 101 Å². The minimum atomic E-state index is -0.239. The fourth-order valence-electron chi connectivity index (χ4n) is 5.97. The quantitative estimate of drug-likeness (QED) is 0.339.